The van der Waals surface area contributed by atoms with Crippen molar-refractivity contribution in [2.24, 2.45) is 0 Å². The monoisotopic (exact) mass is 409 g/mol. The molecule has 27 heavy (non-hydrogen) atoms. The molecule has 2 aromatic rings. The Labute approximate surface area is 168 Å². The first-order valence-electron chi connectivity index (χ1n) is 8.24. The highest BCUT2D eigenvalue weighted by Crippen LogP contribution is 2.26. The van der Waals surface area contributed by atoms with Crippen LogP contribution in [-0.2, 0) is 4.79 Å². The summed E-state index contributed by atoms with van der Waals surface area (Å²) < 4.78 is 5.21. The summed E-state index contributed by atoms with van der Waals surface area (Å²) in [5.41, 5.74) is 2.25. The van der Waals surface area contributed by atoms with E-state index in [2.05, 4.69) is 16.0 Å². The number of methoxy groups -OCH3 is 1. The van der Waals surface area contributed by atoms with Crippen LogP contribution in [0.1, 0.15) is 24.1 Å². The van der Waals surface area contributed by atoms with E-state index in [9.17, 15) is 9.59 Å². The molecule has 8 heteroatoms. The van der Waals surface area contributed by atoms with Crippen LogP contribution >= 0.6 is 23.2 Å². The number of carbonyl (C=O) groups excluding carboxylic acids is 2. The molecule has 0 bridgehead atoms. The van der Waals surface area contributed by atoms with Gasteiger partial charge in [-0.15, -0.1) is 0 Å². The minimum Gasteiger partial charge on any atom is -0.495 e. The maximum atomic E-state index is 12.1. The summed E-state index contributed by atoms with van der Waals surface area (Å²) in [5, 5.41) is 8.93. The molecule has 0 aliphatic heterocycles. The van der Waals surface area contributed by atoms with Gasteiger partial charge in [-0.05, 0) is 49.2 Å². The Morgan fingerprint density at radius 3 is 2.56 bits per heavy atom. The van der Waals surface area contributed by atoms with Crippen molar-refractivity contribution >= 4 is 40.8 Å². The van der Waals surface area contributed by atoms with Crippen molar-refractivity contribution in [2.75, 3.05) is 19.0 Å². The van der Waals surface area contributed by atoms with E-state index in [-0.39, 0.29) is 18.5 Å². The first-order valence-corrected chi connectivity index (χ1v) is 8.99. The second-order valence-corrected chi connectivity index (χ2v) is 6.81. The van der Waals surface area contributed by atoms with Crippen LogP contribution < -0.4 is 20.7 Å². The quantitative estimate of drug-likeness (QED) is 0.664. The van der Waals surface area contributed by atoms with Crippen molar-refractivity contribution < 1.29 is 14.3 Å². The van der Waals surface area contributed by atoms with Gasteiger partial charge in [-0.25, -0.2) is 4.79 Å². The van der Waals surface area contributed by atoms with Gasteiger partial charge in [0.1, 0.15) is 5.75 Å². The summed E-state index contributed by atoms with van der Waals surface area (Å²) >= 11 is 12.0. The molecule has 0 fully saturated rings. The number of hydrogen-bond acceptors (Lipinski definition) is 3. The summed E-state index contributed by atoms with van der Waals surface area (Å²) in [7, 11) is 1.52. The van der Waals surface area contributed by atoms with Crippen molar-refractivity contribution in [1.29, 1.82) is 0 Å². The third-order valence-corrected chi connectivity index (χ3v) is 4.38. The van der Waals surface area contributed by atoms with Crippen LogP contribution in [0, 0.1) is 6.92 Å². The normalized spacial score (nSPS) is 11.4. The largest absolute Gasteiger partial charge is 0.495 e. The van der Waals surface area contributed by atoms with Crippen LogP contribution in [0.2, 0.25) is 10.0 Å². The van der Waals surface area contributed by atoms with E-state index >= 15 is 0 Å². The fraction of sp³-hybridized carbons (Fsp3) is 0.263. The smallest absolute Gasteiger partial charge is 0.315 e. The van der Waals surface area contributed by atoms with Crippen LogP contribution in [0.4, 0.5) is 10.5 Å². The molecule has 1 atom stereocenters. The third kappa shape index (κ3) is 6.05. The number of aryl methyl sites for hydroxylation is 1. The molecule has 0 aliphatic carbocycles. The van der Waals surface area contributed by atoms with Gasteiger partial charge in [-0.1, -0.05) is 35.3 Å². The number of urea groups is 1. The number of carbonyl (C=O) groups is 2. The Kier molecular flexibility index (Phi) is 7.33. The molecule has 3 N–H and O–H groups in total. The maximum Gasteiger partial charge on any atom is 0.315 e. The summed E-state index contributed by atoms with van der Waals surface area (Å²) in [4.78, 5) is 24.1. The number of ether oxygens (including phenoxy) is 1. The molecular formula is C19H21Cl2N3O3. The first-order chi connectivity index (χ1) is 12.8. The molecule has 1 unspecified atom stereocenters. The topological polar surface area (TPSA) is 79.5 Å². The molecule has 0 aromatic heterocycles. The Morgan fingerprint density at radius 2 is 1.89 bits per heavy atom. The molecule has 0 aliphatic rings. The lowest BCUT2D eigenvalue weighted by Crippen LogP contribution is -2.41. The lowest BCUT2D eigenvalue weighted by molar-refractivity contribution is -0.115. The zero-order valence-electron chi connectivity index (χ0n) is 15.2. The van der Waals surface area contributed by atoms with Crippen LogP contribution in [0.3, 0.4) is 0 Å². The van der Waals surface area contributed by atoms with E-state index in [0.29, 0.717) is 21.5 Å². The van der Waals surface area contributed by atoms with Crippen LogP contribution in [-0.4, -0.2) is 25.6 Å². The number of anilines is 1. The lowest BCUT2D eigenvalue weighted by Gasteiger charge is -2.16. The number of benzene rings is 2. The highest BCUT2D eigenvalue weighted by atomic mass is 35.5. The molecule has 0 heterocycles. The van der Waals surface area contributed by atoms with E-state index in [1.165, 1.54) is 7.11 Å². The van der Waals surface area contributed by atoms with E-state index in [1.807, 2.05) is 13.0 Å². The van der Waals surface area contributed by atoms with Gasteiger partial charge in [0.05, 0.1) is 25.4 Å². The Bertz CT molecular complexity index is 843. The van der Waals surface area contributed by atoms with Gasteiger partial charge in [-0.2, -0.15) is 0 Å². The minimum absolute atomic E-state index is 0.190. The average molecular weight is 410 g/mol. The van der Waals surface area contributed by atoms with Crippen molar-refractivity contribution in [2.45, 2.75) is 19.9 Å². The highest BCUT2D eigenvalue weighted by Gasteiger charge is 2.14. The predicted octanol–water partition coefficient (Wildman–Crippen LogP) is 4.31. The van der Waals surface area contributed by atoms with Gasteiger partial charge in [-0.3, -0.25) is 4.79 Å². The summed E-state index contributed by atoms with van der Waals surface area (Å²) in [6.45, 7) is 3.50. The molecule has 2 rings (SSSR count). The van der Waals surface area contributed by atoms with Gasteiger partial charge < -0.3 is 20.7 Å². The fourth-order valence-corrected chi connectivity index (χ4v) is 3.02. The van der Waals surface area contributed by atoms with Gasteiger partial charge in [0.25, 0.3) is 0 Å². The summed E-state index contributed by atoms with van der Waals surface area (Å²) in [6, 6.07) is 9.65. The standard InChI is InChI=1S/C19H21Cl2N3O3/c1-11-4-7-17(27-3)16(8-11)24-18(25)10-22-19(26)23-12(2)14-6-5-13(20)9-15(14)21/h4-9,12H,10H2,1-3H3,(H,24,25)(H2,22,23,26). The third-order valence-electron chi connectivity index (χ3n) is 3.82. The molecule has 0 saturated carbocycles. The van der Waals surface area contributed by atoms with Crippen LogP contribution in [0.25, 0.3) is 0 Å². The van der Waals surface area contributed by atoms with Crippen molar-refractivity contribution in [1.82, 2.24) is 10.6 Å². The second-order valence-electron chi connectivity index (χ2n) is 5.97. The van der Waals surface area contributed by atoms with Gasteiger partial charge in [0.15, 0.2) is 0 Å². The zero-order valence-corrected chi connectivity index (χ0v) is 16.7. The lowest BCUT2D eigenvalue weighted by atomic mass is 10.1. The average Bonchev–Trinajstić information content (AvgIpc) is 2.60. The maximum absolute atomic E-state index is 12.1. The minimum atomic E-state index is -0.486. The van der Waals surface area contributed by atoms with Crippen LogP contribution in [0.15, 0.2) is 36.4 Å². The molecule has 0 saturated heterocycles. The van der Waals surface area contributed by atoms with Crippen molar-refractivity contribution in [3.05, 3.63) is 57.6 Å². The number of nitrogens with one attached hydrogen (secondary N) is 3. The summed E-state index contributed by atoms with van der Waals surface area (Å²) in [6.07, 6.45) is 0. The number of halogens is 2. The van der Waals surface area contributed by atoms with E-state index < -0.39 is 6.03 Å². The molecule has 0 spiro atoms. The Morgan fingerprint density at radius 1 is 1.15 bits per heavy atom. The number of rotatable bonds is 6. The molecular weight excluding hydrogens is 389 g/mol. The fourth-order valence-electron chi connectivity index (χ4n) is 2.45. The zero-order chi connectivity index (χ0) is 20.0. The van der Waals surface area contributed by atoms with E-state index in [0.717, 1.165) is 11.1 Å². The second kappa shape index (κ2) is 9.48. The van der Waals surface area contributed by atoms with Crippen LogP contribution in [0.5, 0.6) is 5.75 Å². The Hall–Kier alpha value is -2.44. The number of amides is 3. The number of hydrogen-bond donors (Lipinski definition) is 3. The predicted molar refractivity (Wildman–Crippen MR) is 108 cm³/mol. The molecule has 3 amide bonds. The SMILES string of the molecule is COc1ccc(C)cc1NC(=O)CNC(=O)NC(C)c1ccc(Cl)cc1Cl. The van der Waals surface area contributed by atoms with Gasteiger partial charge in [0, 0.05) is 10.0 Å². The molecule has 0 radical (unpaired) electrons. The van der Waals surface area contributed by atoms with Crippen molar-refractivity contribution in [3.63, 3.8) is 0 Å². The van der Waals surface area contributed by atoms with E-state index in [4.69, 9.17) is 27.9 Å². The van der Waals surface area contributed by atoms with E-state index in [1.54, 1.807) is 37.3 Å². The Balaban J connectivity index is 1.88. The first kappa shape index (κ1) is 20.9. The molecule has 2 aromatic carbocycles. The van der Waals surface area contributed by atoms with Gasteiger partial charge >= 0.3 is 6.03 Å². The van der Waals surface area contributed by atoms with Gasteiger partial charge in [0.2, 0.25) is 5.91 Å². The van der Waals surface area contributed by atoms with Crippen molar-refractivity contribution in [3.8, 4) is 5.75 Å². The summed E-state index contributed by atoms with van der Waals surface area (Å²) in [5.74, 6) is 0.177. The highest BCUT2D eigenvalue weighted by molar-refractivity contribution is 6.35. The molecule has 144 valence electrons. The molecule has 6 nitrogen and oxygen atoms in total.